The Bertz CT molecular complexity index is 679. The fraction of sp³-hybridized carbons (Fsp3) is 0.235. The Labute approximate surface area is 117 Å². The fourth-order valence-corrected chi connectivity index (χ4v) is 2.53. The van der Waals surface area contributed by atoms with Gasteiger partial charge in [-0.05, 0) is 50.5 Å². The van der Waals surface area contributed by atoms with Gasteiger partial charge >= 0.3 is 0 Å². The third kappa shape index (κ3) is 2.36. The molecule has 0 aliphatic carbocycles. The third-order valence-corrected chi connectivity index (χ3v) is 3.42. The highest BCUT2D eigenvalue weighted by Gasteiger charge is 2.23. The van der Waals surface area contributed by atoms with Gasteiger partial charge in [-0.1, -0.05) is 23.8 Å². The summed E-state index contributed by atoms with van der Waals surface area (Å²) < 4.78 is 27.9. The summed E-state index contributed by atoms with van der Waals surface area (Å²) >= 11 is 0. The maximum Gasteiger partial charge on any atom is 0.199 e. The number of aryl methyl sites for hydroxylation is 4. The zero-order valence-corrected chi connectivity index (χ0v) is 12.0. The van der Waals surface area contributed by atoms with Crippen LogP contribution in [0.4, 0.5) is 8.78 Å². The van der Waals surface area contributed by atoms with E-state index < -0.39 is 23.0 Å². The lowest BCUT2D eigenvalue weighted by molar-refractivity contribution is 0.103. The van der Waals surface area contributed by atoms with E-state index in [1.165, 1.54) is 13.0 Å². The van der Waals surface area contributed by atoms with Crippen molar-refractivity contribution >= 4 is 5.78 Å². The van der Waals surface area contributed by atoms with E-state index in [1.54, 1.807) is 13.8 Å². The van der Waals surface area contributed by atoms with E-state index in [-0.39, 0.29) is 5.56 Å². The molecule has 20 heavy (non-hydrogen) atoms. The summed E-state index contributed by atoms with van der Waals surface area (Å²) in [5, 5.41) is 0. The van der Waals surface area contributed by atoms with Gasteiger partial charge in [0, 0.05) is 5.56 Å². The molecule has 2 aromatic carbocycles. The van der Waals surface area contributed by atoms with Gasteiger partial charge in [0.15, 0.2) is 5.78 Å². The van der Waals surface area contributed by atoms with Crippen molar-refractivity contribution in [3.05, 3.63) is 69.3 Å². The van der Waals surface area contributed by atoms with E-state index in [0.717, 1.165) is 22.8 Å². The second-order valence-corrected chi connectivity index (χ2v) is 5.16. The van der Waals surface area contributed by atoms with Gasteiger partial charge in [-0.2, -0.15) is 0 Å². The molecule has 2 rings (SSSR count). The zero-order valence-electron chi connectivity index (χ0n) is 12.0. The highest BCUT2D eigenvalue weighted by Crippen LogP contribution is 2.24. The molecule has 3 heteroatoms. The Morgan fingerprint density at radius 3 is 1.95 bits per heavy atom. The first-order valence-corrected chi connectivity index (χ1v) is 6.40. The van der Waals surface area contributed by atoms with Gasteiger partial charge in [0.2, 0.25) is 0 Å². The van der Waals surface area contributed by atoms with Crippen LogP contribution in [0.25, 0.3) is 0 Å². The normalized spacial score (nSPS) is 10.7. The quantitative estimate of drug-likeness (QED) is 0.740. The van der Waals surface area contributed by atoms with Crippen molar-refractivity contribution in [1.82, 2.24) is 0 Å². The van der Waals surface area contributed by atoms with E-state index in [4.69, 9.17) is 0 Å². The van der Waals surface area contributed by atoms with Crippen molar-refractivity contribution in [2.45, 2.75) is 27.7 Å². The zero-order chi connectivity index (χ0) is 15.0. The first kappa shape index (κ1) is 14.4. The molecule has 0 amide bonds. The standard InChI is InChI=1S/C17H16F2O/c1-9-7-11(3)14(12(4)8-9)17(20)15-13(18)6-5-10(2)16(15)19/h5-8H,1-4H3. The van der Waals surface area contributed by atoms with Gasteiger partial charge < -0.3 is 0 Å². The number of carbonyl (C=O) groups is 1. The van der Waals surface area contributed by atoms with E-state index >= 15 is 0 Å². The molecule has 0 aliphatic rings. The molecule has 0 unspecified atom stereocenters. The van der Waals surface area contributed by atoms with Crippen molar-refractivity contribution in [2.75, 3.05) is 0 Å². The third-order valence-electron chi connectivity index (χ3n) is 3.42. The van der Waals surface area contributed by atoms with Crippen LogP contribution in [-0.2, 0) is 0 Å². The minimum Gasteiger partial charge on any atom is -0.288 e. The van der Waals surface area contributed by atoms with Gasteiger partial charge in [0.1, 0.15) is 11.6 Å². The SMILES string of the molecule is Cc1cc(C)c(C(=O)c2c(F)ccc(C)c2F)c(C)c1. The van der Waals surface area contributed by atoms with E-state index in [1.807, 2.05) is 19.1 Å². The molecule has 0 N–H and O–H groups in total. The Morgan fingerprint density at radius 2 is 1.40 bits per heavy atom. The lowest BCUT2D eigenvalue weighted by Crippen LogP contribution is -2.12. The van der Waals surface area contributed by atoms with Gasteiger partial charge in [-0.15, -0.1) is 0 Å². The molecule has 0 fully saturated rings. The average Bonchev–Trinajstić information content (AvgIpc) is 2.33. The van der Waals surface area contributed by atoms with Gasteiger partial charge in [-0.3, -0.25) is 4.79 Å². The molecule has 0 bridgehead atoms. The molecular weight excluding hydrogens is 258 g/mol. The van der Waals surface area contributed by atoms with Crippen LogP contribution in [-0.4, -0.2) is 5.78 Å². The van der Waals surface area contributed by atoms with Crippen LogP contribution >= 0.6 is 0 Å². The summed E-state index contributed by atoms with van der Waals surface area (Å²) in [6.07, 6.45) is 0. The molecule has 0 aromatic heterocycles. The minimum absolute atomic E-state index is 0.261. The largest absolute Gasteiger partial charge is 0.288 e. The predicted octanol–water partition coefficient (Wildman–Crippen LogP) is 4.43. The number of benzene rings is 2. The summed E-state index contributed by atoms with van der Waals surface area (Å²) in [5.74, 6) is -2.20. The Morgan fingerprint density at radius 1 is 0.850 bits per heavy atom. The molecule has 2 aromatic rings. The Kier molecular flexibility index (Phi) is 3.71. The van der Waals surface area contributed by atoms with Crippen LogP contribution in [0.5, 0.6) is 0 Å². The smallest absolute Gasteiger partial charge is 0.199 e. The Hall–Kier alpha value is -2.03. The molecule has 0 atom stereocenters. The topological polar surface area (TPSA) is 17.1 Å². The highest BCUT2D eigenvalue weighted by molar-refractivity contribution is 6.11. The average molecular weight is 274 g/mol. The summed E-state index contributed by atoms with van der Waals surface area (Å²) in [7, 11) is 0. The van der Waals surface area contributed by atoms with Crippen LogP contribution in [0.1, 0.15) is 38.2 Å². The summed E-state index contributed by atoms with van der Waals surface area (Å²) in [6, 6.07) is 6.14. The molecule has 0 heterocycles. The van der Waals surface area contributed by atoms with Gasteiger partial charge in [0.05, 0.1) is 5.56 Å². The number of ketones is 1. The van der Waals surface area contributed by atoms with Gasteiger partial charge in [-0.25, -0.2) is 8.78 Å². The lowest BCUT2D eigenvalue weighted by atomic mass is 9.92. The number of hydrogen-bond acceptors (Lipinski definition) is 1. The number of carbonyl (C=O) groups excluding carboxylic acids is 1. The number of hydrogen-bond donors (Lipinski definition) is 0. The summed E-state index contributed by atoms with van der Waals surface area (Å²) in [4.78, 5) is 12.5. The fourth-order valence-electron chi connectivity index (χ4n) is 2.53. The van der Waals surface area contributed by atoms with Crippen LogP contribution in [0, 0.1) is 39.3 Å². The van der Waals surface area contributed by atoms with Gasteiger partial charge in [0.25, 0.3) is 0 Å². The molecule has 104 valence electrons. The maximum atomic E-state index is 14.1. The summed E-state index contributed by atoms with van der Waals surface area (Å²) in [6.45, 7) is 6.99. The highest BCUT2D eigenvalue weighted by atomic mass is 19.1. The van der Waals surface area contributed by atoms with E-state index in [9.17, 15) is 13.6 Å². The van der Waals surface area contributed by atoms with Crippen molar-refractivity contribution in [3.8, 4) is 0 Å². The molecule has 0 saturated carbocycles. The van der Waals surface area contributed by atoms with Crippen molar-refractivity contribution < 1.29 is 13.6 Å². The van der Waals surface area contributed by atoms with Crippen molar-refractivity contribution in [1.29, 1.82) is 0 Å². The molecule has 0 saturated heterocycles. The van der Waals surface area contributed by atoms with Crippen molar-refractivity contribution in [2.24, 2.45) is 0 Å². The lowest BCUT2D eigenvalue weighted by Gasteiger charge is -2.12. The second-order valence-electron chi connectivity index (χ2n) is 5.16. The van der Waals surface area contributed by atoms with E-state index in [0.29, 0.717) is 5.56 Å². The minimum atomic E-state index is -0.822. The van der Waals surface area contributed by atoms with Crippen molar-refractivity contribution in [3.63, 3.8) is 0 Å². The monoisotopic (exact) mass is 274 g/mol. The van der Waals surface area contributed by atoms with Crippen LogP contribution < -0.4 is 0 Å². The first-order valence-electron chi connectivity index (χ1n) is 6.40. The molecular formula is C17H16F2O. The molecule has 1 nitrogen and oxygen atoms in total. The van der Waals surface area contributed by atoms with Crippen LogP contribution in [0.2, 0.25) is 0 Å². The maximum absolute atomic E-state index is 14.1. The molecule has 0 spiro atoms. The van der Waals surface area contributed by atoms with Crippen LogP contribution in [0.15, 0.2) is 24.3 Å². The second kappa shape index (κ2) is 5.16. The summed E-state index contributed by atoms with van der Waals surface area (Å²) in [5.41, 5.74) is 2.64. The van der Waals surface area contributed by atoms with Crippen LogP contribution in [0.3, 0.4) is 0 Å². The Balaban J connectivity index is 2.67. The number of halogens is 2. The molecule has 0 radical (unpaired) electrons. The number of rotatable bonds is 2. The predicted molar refractivity (Wildman–Crippen MR) is 75.2 cm³/mol. The first-order chi connectivity index (χ1) is 9.32. The van der Waals surface area contributed by atoms with E-state index in [2.05, 4.69) is 0 Å². The molecule has 0 aliphatic heterocycles.